The molecule has 2 aliphatic carbocycles. The van der Waals surface area contributed by atoms with E-state index in [0.29, 0.717) is 30.6 Å². The summed E-state index contributed by atoms with van der Waals surface area (Å²) in [6.07, 6.45) is 9.47. The van der Waals surface area contributed by atoms with Crippen LogP contribution in [-0.2, 0) is 16.3 Å². The fraction of sp³-hybridized carbons (Fsp3) is 0.241. The second-order valence-electron chi connectivity index (χ2n) is 10.0. The molecule has 0 aliphatic heterocycles. The molecule has 9 heteroatoms. The lowest BCUT2D eigenvalue weighted by Crippen LogP contribution is -2.45. The second-order valence-corrected chi connectivity index (χ2v) is 12.2. The van der Waals surface area contributed by atoms with Crippen molar-refractivity contribution in [3.05, 3.63) is 107 Å². The number of nitrogens with zero attached hydrogens (tertiary/aromatic N) is 4. The number of ketones is 1. The number of Topliss-reactive ketones (excluding diaryl/α,β-unsaturated/α-hetero) is 1. The number of carbonyl (C=O) groups is 1. The maximum Gasteiger partial charge on any atom is 0.191 e. The quantitative estimate of drug-likeness (QED) is 0.341. The van der Waals surface area contributed by atoms with Gasteiger partial charge in [-0.2, -0.15) is 5.10 Å². The zero-order valence-electron chi connectivity index (χ0n) is 20.7. The molecule has 0 saturated heterocycles. The molecule has 3 heterocycles. The molecule has 1 saturated carbocycles. The predicted octanol–water partition coefficient (Wildman–Crippen LogP) is 4.95. The van der Waals surface area contributed by atoms with Gasteiger partial charge in [0.15, 0.2) is 15.6 Å². The molecule has 0 radical (unpaired) electrons. The monoisotopic (exact) mass is 528 g/mol. The minimum atomic E-state index is -3.71. The van der Waals surface area contributed by atoms with E-state index in [1.165, 1.54) is 24.5 Å². The van der Waals surface area contributed by atoms with Crippen LogP contribution in [0.2, 0.25) is 0 Å². The minimum Gasteiger partial charge on any atom is -0.291 e. The maximum atomic E-state index is 14.3. The van der Waals surface area contributed by atoms with E-state index in [-0.39, 0.29) is 22.9 Å². The average molecular weight is 529 g/mol. The number of aryl methyl sites for hydroxylation is 1. The number of fused-ring (bicyclic) bond motifs is 2. The van der Waals surface area contributed by atoms with Crippen molar-refractivity contribution in [1.29, 1.82) is 0 Å². The second kappa shape index (κ2) is 9.09. The van der Waals surface area contributed by atoms with E-state index in [1.54, 1.807) is 47.4 Å². The van der Waals surface area contributed by atoms with Crippen LogP contribution in [0.15, 0.2) is 83.8 Å². The molecule has 0 amide bonds. The highest BCUT2D eigenvalue weighted by Crippen LogP contribution is 2.51. The summed E-state index contributed by atoms with van der Waals surface area (Å²) in [5.74, 6) is -0.518. The normalized spacial score (nSPS) is 20.8. The Bertz CT molecular complexity index is 1680. The van der Waals surface area contributed by atoms with Gasteiger partial charge in [0.25, 0.3) is 0 Å². The summed E-state index contributed by atoms with van der Waals surface area (Å²) in [6.45, 7) is 1.90. The number of benzene rings is 1. The first-order valence-electron chi connectivity index (χ1n) is 12.4. The molecule has 3 aromatic heterocycles. The lowest BCUT2D eigenvalue weighted by Gasteiger charge is -2.43. The van der Waals surface area contributed by atoms with E-state index in [2.05, 4.69) is 15.1 Å². The van der Waals surface area contributed by atoms with E-state index < -0.39 is 20.5 Å². The van der Waals surface area contributed by atoms with E-state index in [0.717, 1.165) is 22.4 Å². The van der Waals surface area contributed by atoms with Gasteiger partial charge in [-0.1, -0.05) is 5.57 Å². The molecule has 0 spiro atoms. The van der Waals surface area contributed by atoms with Gasteiger partial charge >= 0.3 is 0 Å². The number of sulfone groups is 1. The van der Waals surface area contributed by atoms with Gasteiger partial charge in [-0.25, -0.2) is 17.5 Å². The van der Waals surface area contributed by atoms with Crippen molar-refractivity contribution in [2.75, 3.05) is 0 Å². The molecule has 1 fully saturated rings. The summed E-state index contributed by atoms with van der Waals surface area (Å²) in [5, 5.41) is 3.80. The Balaban J connectivity index is 1.46. The van der Waals surface area contributed by atoms with Crippen molar-refractivity contribution < 1.29 is 17.6 Å². The molecule has 1 aromatic carbocycles. The van der Waals surface area contributed by atoms with Gasteiger partial charge in [-0.05, 0) is 98.3 Å². The molecular weight excluding hydrogens is 503 g/mol. The zero-order valence-corrected chi connectivity index (χ0v) is 21.5. The number of aromatic nitrogens is 4. The van der Waals surface area contributed by atoms with E-state index in [1.807, 2.05) is 19.1 Å². The molecule has 2 atom stereocenters. The van der Waals surface area contributed by atoms with E-state index in [4.69, 9.17) is 0 Å². The summed E-state index contributed by atoms with van der Waals surface area (Å²) in [7, 11) is -3.71. The van der Waals surface area contributed by atoms with Crippen molar-refractivity contribution in [3.63, 3.8) is 0 Å². The van der Waals surface area contributed by atoms with Crippen LogP contribution >= 0.6 is 0 Å². The number of carbonyl (C=O) groups excluding carboxylic acids is 1. The third kappa shape index (κ3) is 3.98. The van der Waals surface area contributed by atoms with Crippen molar-refractivity contribution >= 4 is 21.7 Å². The summed E-state index contributed by atoms with van der Waals surface area (Å²) in [6, 6.07) is 12.8. The summed E-state index contributed by atoms with van der Waals surface area (Å²) in [4.78, 5) is 22.8. The van der Waals surface area contributed by atoms with Crippen LogP contribution in [0.5, 0.6) is 0 Å². The van der Waals surface area contributed by atoms with E-state index in [9.17, 15) is 17.6 Å². The lowest BCUT2D eigenvalue weighted by atomic mass is 9.61. The van der Waals surface area contributed by atoms with Gasteiger partial charge in [-0.15, -0.1) is 0 Å². The number of halogens is 1. The molecule has 0 N–H and O–H groups in total. The Labute approximate surface area is 220 Å². The topological polar surface area (TPSA) is 94.8 Å². The van der Waals surface area contributed by atoms with Crippen LogP contribution in [0.3, 0.4) is 0 Å². The number of hydrogen-bond acceptors (Lipinski definition) is 6. The Hall–Kier alpha value is -3.98. The molecule has 6 rings (SSSR count). The third-order valence-electron chi connectivity index (χ3n) is 7.67. The fourth-order valence-corrected chi connectivity index (χ4v) is 7.52. The first-order chi connectivity index (χ1) is 18.3. The smallest absolute Gasteiger partial charge is 0.191 e. The van der Waals surface area contributed by atoms with Crippen molar-refractivity contribution in [1.82, 2.24) is 19.7 Å². The van der Waals surface area contributed by atoms with Gasteiger partial charge in [0.2, 0.25) is 0 Å². The van der Waals surface area contributed by atoms with Crippen LogP contribution < -0.4 is 0 Å². The first-order valence-corrected chi connectivity index (χ1v) is 14.0. The molecule has 38 heavy (non-hydrogen) atoms. The van der Waals surface area contributed by atoms with E-state index >= 15 is 0 Å². The molecule has 7 nitrogen and oxygen atoms in total. The predicted molar refractivity (Wildman–Crippen MR) is 140 cm³/mol. The van der Waals surface area contributed by atoms with Crippen molar-refractivity contribution in [2.24, 2.45) is 5.41 Å². The first kappa shape index (κ1) is 24.4. The van der Waals surface area contributed by atoms with Crippen LogP contribution in [0, 0.1) is 18.2 Å². The van der Waals surface area contributed by atoms with Gasteiger partial charge in [-0.3, -0.25) is 14.8 Å². The number of allylic oxidation sites excluding steroid dienone is 1. The van der Waals surface area contributed by atoms with Gasteiger partial charge in [0.1, 0.15) is 11.5 Å². The van der Waals surface area contributed by atoms with Crippen molar-refractivity contribution in [3.8, 4) is 5.69 Å². The highest BCUT2D eigenvalue weighted by Gasteiger charge is 2.52. The number of hydrogen-bond donors (Lipinski definition) is 0. The Morgan fingerprint density at radius 1 is 1.11 bits per heavy atom. The molecule has 0 unspecified atom stereocenters. The van der Waals surface area contributed by atoms with Crippen LogP contribution in [0.4, 0.5) is 4.39 Å². The largest absolute Gasteiger partial charge is 0.291 e. The third-order valence-corrected chi connectivity index (χ3v) is 9.85. The average Bonchev–Trinajstić information content (AvgIpc) is 3.34. The summed E-state index contributed by atoms with van der Waals surface area (Å²) < 4.78 is 42.6. The number of rotatable bonds is 5. The Morgan fingerprint density at radius 3 is 2.66 bits per heavy atom. The Morgan fingerprint density at radius 2 is 1.92 bits per heavy atom. The standard InChI is InChI=1S/C29H25FN4O3S/c1-19-10-12-32-26(13-19)28(35)29-15-20-17-33-34(23-7-5-22(30)6-8-23)27(20)14-21(29)4-9-24(16-29)38(36,37)25-3-2-11-31-18-25/h2-3,5-8,10-14,17-18,24H,4,9,15-16H2,1H3/t24-,29-/m0/s1. The molecular formula is C29H25FN4O3S. The highest BCUT2D eigenvalue weighted by molar-refractivity contribution is 7.92. The fourth-order valence-electron chi connectivity index (χ4n) is 5.73. The molecule has 0 bridgehead atoms. The van der Waals surface area contributed by atoms with Gasteiger partial charge < -0.3 is 0 Å². The lowest BCUT2D eigenvalue weighted by molar-refractivity contribution is 0.0796. The SMILES string of the molecule is Cc1ccnc(C(=O)[C@]23Cc4cnn(-c5ccc(F)cc5)c4C=C2CC[C@H](S(=O)(=O)c2cccnc2)C3)c1. The minimum absolute atomic E-state index is 0.145. The molecule has 4 aromatic rings. The van der Waals surface area contributed by atoms with Gasteiger partial charge in [0, 0.05) is 18.6 Å². The summed E-state index contributed by atoms with van der Waals surface area (Å²) in [5.41, 5.74) is 3.39. The molecule has 192 valence electrons. The van der Waals surface area contributed by atoms with Gasteiger partial charge in [0.05, 0.1) is 33.1 Å². The number of pyridine rings is 2. The Kier molecular flexibility index (Phi) is 5.83. The van der Waals surface area contributed by atoms with Crippen LogP contribution in [0.1, 0.15) is 46.6 Å². The molecule has 2 aliphatic rings. The highest BCUT2D eigenvalue weighted by atomic mass is 32.2. The summed E-state index contributed by atoms with van der Waals surface area (Å²) >= 11 is 0. The maximum absolute atomic E-state index is 14.3. The van der Waals surface area contributed by atoms with Crippen LogP contribution in [-0.4, -0.2) is 39.2 Å². The van der Waals surface area contributed by atoms with Crippen LogP contribution in [0.25, 0.3) is 11.8 Å². The van der Waals surface area contributed by atoms with Crippen molar-refractivity contribution in [2.45, 2.75) is 42.8 Å². The zero-order chi connectivity index (χ0) is 26.5.